The number of phosphoric acid groups is 1. The van der Waals surface area contributed by atoms with Crippen molar-refractivity contribution >= 4 is 25.5 Å². The fraction of sp³-hybridized carbons (Fsp3) is 0.962. The minimum Gasteiger partial charge on any atom is -0.394 e. The Hall–Kier alpha value is -3.76. The molecule has 12 heterocycles. The minimum atomic E-state index is -5.82. The van der Waals surface area contributed by atoms with Crippen molar-refractivity contribution in [3.8, 4) is 0 Å². The first-order chi connectivity index (χ1) is 68.9. The Morgan fingerprint density at radius 1 is 0.219 bits per heavy atom. The van der Waals surface area contributed by atoms with Gasteiger partial charge in [0.1, 0.15) is 293 Å². The van der Waals surface area contributed by atoms with Crippen molar-refractivity contribution in [1.82, 2.24) is 16.0 Å². The van der Waals surface area contributed by atoms with Crippen molar-refractivity contribution in [2.24, 2.45) is 0 Å². The Bertz CT molecular complexity index is 4070. The van der Waals surface area contributed by atoms with Crippen LogP contribution in [0.25, 0.3) is 0 Å². The van der Waals surface area contributed by atoms with Gasteiger partial charge in [-0.05, 0) is 0 Å². The molecule has 146 heavy (non-hydrogen) atoms. The summed E-state index contributed by atoms with van der Waals surface area (Å²) in [5, 5.41) is 400. The predicted octanol–water partition coefficient (Wildman–Crippen LogP) is -26.6. The Morgan fingerprint density at radius 3 is 0.836 bits per heavy atom. The maximum Gasteiger partial charge on any atom is 0.474 e. The second-order valence-corrected chi connectivity index (χ2v) is 37.9. The molecule has 0 aromatic rings. The lowest BCUT2D eigenvalue weighted by Gasteiger charge is -2.51. The van der Waals surface area contributed by atoms with Crippen LogP contribution in [0.2, 0.25) is 0 Å². The lowest BCUT2D eigenvalue weighted by molar-refractivity contribution is -0.408. The third kappa shape index (κ3) is 26.7. The van der Waals surface area contributed by atoms with Crippen LogP contribution in [-0.2, 0) is 132 Å². The number of hydrogen-bond donors (Lipinski definition) is 39. The Labute approximate surface area is 823 Å². The van der Waals surface area contributed by atoms with Crippen molar-refractivity contribution < 1.29 is 316 Å². The van der Waals surface area contributed by atoms with Crippen LogP contribution in [0, 0.1) is 0 Å². The molecule has 0 aromatic heterocycles. The van der Waals surface area contributed by atoms with E-state index in [0.29, 0.717) is 0 Å². The quantitative estimate of drug-likeness (QED) is 0.0254. The number of carbonyl (C=O) groups is 3. The van der Waals surface area contributed by atoms with Gasteiger partial charge in [-0.15, -0.1) is 0 Å². The SMILES string of the molecule is CC(=O)N[C@@H]1[C@@H](O)[C@H](O[C@@H]2O[C@H](CO)[C@@H](O[C@@H]3O[C@H](CO[C@H]4O[C@H](CO[C@H]5O[C@H](COP(=O)(O)O[C@H]6O[C@H](CO)[C@@H](O)[C@H](O)[C@H]6NC(C)=O)[C@@H](O)[C@H](O)[C@@H]5O[C@H]5O[C@H](CO)[C@@H](O)[C@H](O)[C@@H]5O)[C@@H](O)[C@H](O[C@H]5O[C@H](CO)[C@@H](O)[C@H](O)[C@@H]5O[C@H]5O[C@H](CO)[C@@H](O)[C@H](O)[C@@H]5O)[C@@H]4O)[C@@H](O)[C@H](O[C@H]4O[C@H](CO)[C@@H](O)[C@H](O)[C@@H]4O[C@H]4O[C@H](CO)[C@@H](O)[C@H](O)[C@@H]4O[C@H]4O[C@H](CO)[C@@H](O)[C@H](O)[C@@H]4O)[C@@H]3O)[C@H](O)[C@H]2NC(C)=O)[C@@H](CO)O[C@H]1O. The zero-order chi connectivity index (χ0) is 107. The summed E-state index contributed by atoms with van der Waals surface area (Å²) in [5.74, 6) is -2.84. The van der Waals surface area contributed by atoms with Crippen LogP contribution in [0.3, 0.4) is 0 Å². The number of aliphatic hydroxyl groups excluding tert-OH is 35. The average molecular weight is 2170 g/mol. The zero-order valence-electron chi connectivity index (χ0n) is 77.1. The summed E-state index contributed by atoms with van der Waals surface area (Å²) in [5.41, 5.74) is 0. The number of ether oxygens (including phenoxy) is 22. The summed E-state index contributed by atoms with van der Waals surface area (Å²) in [6.07, 6.45) is -131. The largest absolute Gasteiger partial charge is 0.474 e. The first-order valence-corrected chi connectivity index (χ1v) is 47.4. The molecule has 12 fully saturated rings. The molecule has 68 heteroatoms. The molecule has 12 aliphatic rings. The molecule has 848 valence electrons. The number of amides is 3. The molecule has 61 atom stereocenters. The summed E-state index contributed by atoms with van der Waals surface area (Å²) in [6.45, 7) is -12.3. The minimum absolute atomic E-state index is 0.852. The van der Waals surface area contributed by atoms with Gasteiger partial charge in [0.2, 0.25) is 17.7 Å². The van der Waals surface area contributed by atoms with E-state index in [9.17, 15) is 203 Å². The highest BCUT2D eigenvalue weighted by Gasteiger charge is 2.64. The molecule has 0 spiro atoms. The van der Waals surface area contributed by atoms with E-state index in [2.05, 4.69) is 16.0 Å². The second kappa shape index (κ2) is 52.4. The molecule has 12 rings (SSSR count). The topological polar surface area (TPSA) is 1050 Å². The number of carbonyl (C=O) groups excluding carboxylic acids is 3. The zero-order valence-corrected chi connectivity index (χ0v) is 78.0. The first kappa shape index (κ1) is 121. The molecule has 12 saturated heterocycles. The van der Waals surface area contributed by atoms with Crippen LogP contribution in [0.5, 0.6) is 0 Å². The molecular formula is C78H132N3O64P. The van der Waals surface area contributed by atoms with E-state index in [0.717, 1.165) is 20.8 Å². The number of nitrogens with one attached hydrogen (secondary N) is 3. The van der Waals surface area contributed by atoms with Crippen LogP contribution in [0.4, 0.5) is 0 Å². The van der Waals surface area contributed by atoms with Gasteiger partial charge in [0, 0.05) is 20.8 Å². The fourth-order valence-corrected chi connectivity index (χ4v) is 19.2. The molecule has 67 nitrogen and oxygen atoms in total. The molecule has 0 saturated carbocycles. The number of aliphatic hydroxyl groups is 35. The third-order valence-corrected chi connectivity index (χ3v) is 27.4. The molecule has 0 radical (unpaired) electrons. The van der Waals surface area contributed by atoms with Gasteiger partial charge in [-0.2, -0.15) is 0 Å². The van der Waals surface area contributed by atoms with Crippen molar-refractivity contribution in [2.45, 2.75) is 389 Å². The standard InChI is InChI=1S/C78H132N3O64P/c1-16(91)79-31-45(105)59(26(11-89)125-67(31)119)137-68-33(81-18(3)93)46(106)60(27(12-90)133-68)138-74-58(118)62(140-77-66(52(112)40(100)24(9-87)131-77)144-78-65(51(111)39(99)25(10-88)132-78)143-73-56(116)49(109)37(97)22(7-85)129-73)43(103)29(135-74)13-122-70-57(117)61(139-76-64(50(110)38(98)23(8-86)130-76)142-72-55(115)48(108)36(96)21(6-84)128-72)42(102)28(134-70)14-123-75-63(141-71-54(114)47(107)35(95)20(5-83)127-71)53(113)41(101)30(136-75)15-124-146(120,121)145-69-32(80-17(2)92)44(104)34(94)19(4-82)126-69/h19-78,82-90,94-119H,4-15H2,1-3H3,(H,79,91)(H,80,92)(H,81,93)(H,120,121)/t19-,20-,21-,22-,23-,24-,25-,26-,27-,28-,29-,30-,31-,32-,33-,34-,35-,36-,37-,38-,39-,40-,41-,42-,43-,44-,45-,46-,47+,48+,49+,50+,51+,52+,53+,54+,55+,56+,57+,58+,59-,60-,61+,62+,63+,64+,65+,66+,67-,68+,69-,70+,71-,72-,73-,74+,75+,76-,77-,78-/m1/s1. The van der Waals surface area contributed by atoms with E-state index in [1.807, 2.05) is 0 Å². The highest BCUT2D eigenvalue weighted by Crippen LogP contribution is 2.49. The second-order valence-electron chi connectivity index (χ2n) is 36.5. The van der Waals surface area contributed by atoms with Crippen LogP contribution < -0.4 is 16.0 Å². The highest BCUT2D eigenvalue weighted by atomic mass is 31.2. The summed E-state index contributed by atoms with van der Waals surface area (Å²) in [7, 11) is -5.82. The van der Waals surface area contributed by atoms with E-state index in [4.69, 9.17) is 113 Å². The summed E-state index contributed by atoms with van der Waals surface area (Å²) < 4.78 is 154. The van der Waals surface area contributed by atoms with Gasteiger partial charge in [-0.25, -0.2) is 4.57 Å². The summed E-state index contributed by atoms with van der Waals surface area (Å²) >= 11 is 0. The van der Waals surface area contributed by atoms with Crippen LogP contribution in [0.15, 0.2) is 0 Å². The van der Waals surface area contributed by atoms with Crippen molar-refractivity contribution in [3.63, 3.8) is 0 Å². The third-order valence-electron chi connectivity index (χ3n) is 26.5. The molecule has 0 bridgehead atoms. The highest BCUT2D eigenvalue weighted by molar-refractivity contribution is 7.47. The lowest BCUT2D eigenvalue weighted by atomic mass is 9.94. The first-order valence-electron chi connectivity index (χ1n) is 45.9. The fourth-order valence-electron chi connectivity index (χ4n) is 18.3. The van der Waals surface area contributed by atoms with E-state index in [-0.39, 0.29) is 0 Å². The maximum absolute atomic E-state index is 13.9. The number of rotatable bonds is 39. The van der Waals surface area contributed by atoms with Gasteiger partial charge in [-0.1, -0.05) is 0 Å². The number of phosphoric ester groups is 1. The molecule has 39 N–H and O–H groups in total. The monoisotopic (exact) mass is 2170 g/mol. The average Bonchev–Trinajstić information content (AvgIpc) is 0.784. The van der Waals surface area contributed by atoms with E-state index >= 15 is 0 Å². The van der Waals surface area contributed by atoms with Gasteiger partial charge in [0.25, 0.3) is 0 Å². The predicted molar refractivity (Wildman–Crippen MR) is 441 cm³/mol. The van der Waals surface area contributed by atoms with Crippen molar-refractivity contribution in [2.75, 3.05) is 79.3 Å². The van der Waals surface area contributed by atoms with Crippen LogP contribution >= 0.6 is 7.82 Å². The van der Waals surface area contributed by atoms with Gasteiger partial charge >= 0.3 is 7.82 Å². The maximum atomic E-state index is 13.9. The summed E-state index contributed by atoms with van der Waals surface area (Å²) in [6, 6.07) is -5.73. The van der Waals surface area contributed by atoms with Crippen LogP contribution in [0.1, 0.15) is 20.8 Å². The van der Waals surface area contributed by atoms with Crippen molar-refractivity contribution in [3.05, 3.63) is 0 Å². The Kier molecular flexibility index (Phi) is 43.4. The van der Waals surface area contributed by atoms with Gasteiger partial charge in [-0.3, -0.25) is 23.4 Å². The Morgan fingerprint density at radius 2 is 0.459 bits per heavy atom. The normalized spacial score (nSPS) is 50.4. The van der Waals surface area contributed by atoms with Gasteiger partial charge in [0.05, 0.1) is 79.3 Å². The lowest BCUT2D eigenvalue weighted by Crippen LogP contribution is -2.70. The smallest absolute Gasteiger partial charge is 0.394 e. The van der Waals surface area contributed by atoms with E-state index in [1.54, 1.807) is 0 Å². The molecule has 3 amide bonds. The summed E-state index contributed by atoms with van der Waals surface area (Å²) in [4.78, 5) is 49.0. The van der Waals surface area contributed by atoms with Gasteiger partial charge < -0.3 is 304 Å². The number of hydrogen-bond acceptors (Lipinski definition) is 63. The van der Waals surface area contributed by atoms with E-state index in [1.165, 1.54) is 0 Å². The van der Waals surface area contributed by atoms with Crippen LogP contribution in [-0.4, -0.2) is 649 Å². The molecule has 1 unspecified atom stereocenters. The molecular weight excluding hydrogens is 2030 g/mol. The molecule has 0 aromatic carbocycles. The van der Waals surface area contributed by atoms with E-state index < -0.39 is 473 Å². The molecule has 12 aliphatic heterocycles. The molecule has 0 aliphatic carbocycles. The van der Waals surface area contributed by atoms with Gasteiger partial charge in [0.15, 0.2) is 75.5 Å². The van der Waals surface area contributed by atoms with Crippen molar-refractivity contribution in [1.29, 1.82) is 0 Å². The Balaban J connectivity index is 0.920.